The van der Waals surface area contributed by atoms with Crippen LogP contribution in [0.2, 0.25) is 0 Å². The maximum atomic E-state index is 14.9. The fourth-order valence-electron chi connectivity index (χ4n) is 3.82. The van der Waals surface area contributed by atoms with E-state index in [0.717, 1.165) is 41.3 Å². The number of allylic oxidation sites excluding steroid dienone is 1. The van der Waals surface area contributed by atoms with Gasteiger partial charge >= 0.3 is 6.61 Å². The van der Waals surface area contributed by atoms with Gasteiger partial charge < -0.3 is 4.74 Å². The smallest absolute Gasteiger partial charge is 0.387 e. The van der Waals surface area contributed by atoms with E-state index in [1.54, 1.807) is 12.1 Å². The Morgan fingerprint density at radius 2 is 1.29 bits per heavy atom. The number of rotatable bonds is 7. The molecule has 34 heavy (non-hydrogen) atoms. The average Bonchev–Trinajstić information content (AvgIpc) is 2.79. The summed E-state index contributed by atoms with van der Waals surface area (Å²) in [5, 5.41) is 1.85. The van der Waals surface area contributed by atoms with E-state index in [2.05, 4.69) is 11.3 Å². The Kier molecular flexibility index (Phi) is 6.63. The van der Waals surface area contributed by atoms with Gasteiger partial charge in [0.2, 0.25) is 0 Å². The zero-order chi connectivity index (χ0) is 24.4. The Balaban J connectivity index is 1.70. The highest BCUT2D eigenvalue weighted by atomic mass is 19.3. The molecule has 0 radical (unpaired) electrons. The summed E-state index contributed by atoms with van der Waals surface area (Å²) in [6.07, 6.45) is 3.55. The summed E-state index contributed by atoms with van der Waals surface area (Å²) in [6.45, 7) is 0.259. The number of aryl methyl sites for hydroxylation is 1. The first-order chi connectivity index (χ1) is 16.3. The Morgan fingerprint density at radius 3 is 1.91 bits per heavy atom. The number of hydrogen-bond acceptors (Lipinski definition) is 1. The van der Waals surface area contributed by atoms with Crippen molar-refractivity contribution < 1.29 is 31.1 Å². The second kappa shape index (κ2) is 9.63. The largest absolute Gasteiger partial charge is 0.429 e. The second-order valence-corrected chi connectivity index (χ2v) is 7.69. The van der Waals surface area contributed by atoms with Gasteiger partial charge in [0.15, 0.2) is 17.4 Å². The lowest BCUT2D eigenvalue weighted by atomic mass is 9.96. The third kappa shape index (κ3) is 4.78. The minimum atomic E-state index is -3.46. The van der Waals surface area contributed by atoms with Crippen LogP contribution in [0, 0.1) is 23.3 Å². The van der Waals surface area contributed by atoms with Crippen molar-refractivity contribution in [1.29, 1.82) is 0 Å². The normalized spacial score (nSPS) is 11.3. The monoisotopic (exact) mass is 472 g/mol. The van der Waals surface area contributed by atoms with Crippen molar-refractivity contribution in [3.8, 4) is 28.0 Å². The van der Waals surface area contributed by atoms with E-state index in [0.29, 0.717) is 17.7 Å². The average molecular weight is 472 g/mol. The number of hydrogen-bond donors (Lipinski definition) is 0. The fraction of sp³-hybridized carbons (Fsp3) is 0.111. The quantitative estimate of drug-likeness (QED) is 0.194. The van der Waals surface area contributed by atoms with Crippen molar-refractivity contribution >= 4 is 10.8 Å². The summed E-state index contributed by atoms with van der Waals surface area (Å²) in [5.41, 5.74) is 0.760. The van der Waals surface area contributed by atoms with Gasteiger partial charge in [0.25, 0.3) is 0 Å². The van der Waals surface area contributed by atoms with Gasteiger partial charge in [0, 0.05) is 0 Å². The molecule has 4 aromatic carbocycles. The number of halogens is 6. The van der Waals surface area contributed by atoms with Crippen molar-refractivity contribution in [2.45, 2.75) is 19.5 Å². The van der Waals surface area contributed by atoms with Crippen LogP contribution in [0.4, 0.5) is 26.3 Å². The Hall–Kier alpha value is -3.74. The number of benzene rings is 4. The van der Waals surface area contributed by atoms with Crippen molar-refractivity contribution in [3.63, 3.8) is 0 Å². The summed E-state index contributed by atoms with van der Waals surface area (Å²) in [4.78, 5) is 0. The van der Waals surface area contributed by atoms with E-state index in [9.17, 15) is 26.3 Å². The molecule has 7 heteroatoms. The lowest BCUT2D eigenvalue weighted by Crippen LogP contribution is -2.06. The van der Waals surface area contributed by atoms with Crippen LogP contribution in [0.25, 0.3) is 33.0 Å². The Labute approximate surface area is 191 Å². The first kappa shape index (κ1) is 23.4. The van der Waals surface area contributed by atoms with E-state index in [-0.39, 0.29) is 5.56 Å². The summed E-state index contributed by atoms with van der Waals surface area (Å²) in [7, 11) is 0. The molecule has 1 nitrogen and oxygen atoms in total. The van der Waals surface area contributed by atoms with Crippen LogP contribution in [0.5, 0.6) is 5.75 Å². The standard InChI is InChI=1S/C27H18F6O/c1-2-3-4-15-5-6-17-10-18(8-7-16(17)9-15)19-11-21(28)25(22(29)12-19)20-13-23(30)26(24(31)14-20)34-27(32)33/h2,5-14,27H,1,3-4H2. The third-order valence-electron chi connectivity index (χ3n) is 5.41. The van der Waals surface area contributed by atoms with Gasteiger partial charge in [-0.1, -0.05) is 36.4 Å². The van der Waals surface area contributed by atoms with E-state index in [1.165, 1.54) is 0 Å². The molecule has 174 valence electrons. The lowest BCUT2D eigenvalue weighted by molar-refractivity contribution is -0.0546. The van der Waals surface area contributed by atoms with Gasteiger partial charge in [-0.2, -0.15) is 8.78 Å². The molecule has 0 atom stereocenters. The van der Waals surface area contributed by atoms with Gasteiger partial charge in [-0.15, -0.1) is 6.58 Å². The van der Waals surface area contributed by atoms with Crippen LogP contribution < -0.4 is 4.74 Å². The molecule has 0 aliphatic rings. The maximum Gasteiger partial charge on any atom is 0.387 e. The molecule has 0 amide bonds. The molecule has 0 saturated carbocycles. The highest BCUT2D eigenvalue weighted by molar-refractivity contribution is 5.88. The van der Waals surface area contributed by atoms with Crippen LogP contribution >= 0.6 is 0 Å². The molecule has 0 aliphatic heterocycles. The van der Waals surface area contributed by atoms with E-state index >= 15 is 0 Å². The van der Waals surface area contributed by atoms with Crippen molar-refractivity contribution in [3.05, 3.63) is 102 Å². The maximum absolute atomic E-state index is 14.9. The van der Waals surface area contributed by atoms with Crippen molar-refractivity contribution in [1.82, 2.24) is 0 Å². The van der Waals surface area contributed by atoms with Crippen LogP contribution in [-0.2, 0) is 6.42 Å². The molecule has 0 aromatic heterocycles. The number of ether oxygens (including phenoxy) is 1. The minimum absolute atomic E-state index is 0.231. The number of fused-ring (bicyclic) bond motifs is 1. The minimum Gasteiger partial charge on any atom is -0.429 e. The molecule has 0 spiro atoms. The van der Waals surface area contributed by atoms with E-state index in [1.807, 2.05) is 30.3 Å². The van der Waals surface area contributed by atoms with Gasteiger partial charge in [-0.25, -0.2) is 17.6 Å². The predicted octanol–water partition coefficient (Wildman–Crippen LogP) is 8.45. The number of alkyl halides is 2. The predicted molar refractivity (Wildman–Crippen MR) is 120 cm³/mol. The fourth-order valence-corrected chi connectivity index (χ4v) is 3.82. The molecule has 0 fully saturated rings. The van der Waals surface area contributed by atoms with Crippen molar-refractivity contribution in [2.24, 2.45) is 0 Å². The van der Waals surface area contributed by atoms with E-state index in [4.69, 9.17) is 0 Å². The van der Waals surface area contributed by atoms with Gasteiger partial charge in [0.1, 0.15) is 11.6 Å². The lowest BCUT2D eigenvalue weighted by Gasteiger charge is -2.12. The van der Waals surface area contributed by atoms with Crippen LogP contribution in [0.1, 0.15) is 12.0 Å². The summed E-state index contributed by atoms with van der Waals surface area (Å²) in [6, 6.07) is 14.5. The topological polar surface area (TPSA) is 9.23 Å². The van der Waals surface area contributed by atoms with Gasteiger partial charge in [-0.3, -0.25) is 0 Å². The second-order valence-electron chi connectivity index (χ2n) is 7.69. The summed E-state index contributed by atoms with van der Waals surface area (Å²) < 4.78 is 86.4. The molecule has 0 N–H and O–H groups in total. The summed E-state index contributed by atoms with van der Waals surface area (Å²) >= 11 is 0. The van der Waals surface area contributed by atoms with Gasteiger partial charge in [0.05, 0.1) is 5.56 Å². The molecule has 0 heterocycles. The zero-order valence-corrected chi connectivity index (χ0v) is 17.7. The zero-order valence-electron chi connectivity index (χ0n) is 17.7. The highest BCUT2D eigenvalue weighted by Crippen LogP contribution is 2.35. The highest BCUT2D eigenvalue weighted by Gasteiger charge is 2.21. The molecular weight excluding hydrogens is 454 g/mol. The van der Waals surface area contributed by atoms with Crippen LogP contribution in [0.3, 0.4) is 0 Å². The first-order valence-electron chi connectivity index (χ1n) is 10.3. The van der Waals surface area contributed by atoms with Crippen LogP contribution in [0.15, 0.2) is 73.3 Å². The third-order valence-corrected chi connectivity index (χ3v) is 5.41. The van der Waals surface area contributed by atoms with Crippen molar-refractivity contribution in [2.75, 3.05) is 0 Å². The molecular formula is C27H18F6O. The SMILES string of the molecule is C=CCCc1ccc2cc(-c3cc(F)c(-c4cc(F)c(OC(F)F)c(F)c4)c(F)c3)ccc2c1. The molecule has 0 bridgehead atoms. The Bertz CT molecular complexity index is 1330. The molecule has 0 saturated heterocycles. The Morgan fingerprint density at radius 1 is 0.706 bits per heavy atom. The molecule has 0 aliphatic carbocycles. The van der Waals surface area contributed by atoms with Crippen LogP contribution in [-0.4, -0.2) is 6.61 Å². The first-order valence-corrected chi connectivity index (χ1v) is 10.3. The van der Waals surface area contributed by atoms with Gasteiger partial charge in [-0.05, 0) is 76.2 Å². The molecule has 4 rings (SSSR count). The molecule has 0 unspecified atom stereocenters. The van der Waals surface area contributed by atoms with E-state index < -0.39 is 46.8 Å². The molecule has 4 aromatic rings. The summed E-state index contributed by atoms with van der Waals surface area (Å²) in [5.74, 6) is -6.44.